The Bertz CT molecular complexity index is 1630. The quantitative estimate of drug-likeness (QED) is 0.0198. The molecular weight excluding hydrogens is 1010 g/mol. The van der Waals surface area contributed by atoms with Crippen molar-refractivity contribution in [2.24, 2.45) is 0 Å². The van der Waals surface area contributed by atoms with Crippen molar-refractivity contribution in [2.75, 3.05) is 68.8 Å². The van der Waals surface area contributed by atoms with Crippen LogP contribution in [0.15, 0.2) is 0 Å². The minimum atomic E-state index is -1.94. The summed E-state index contributed by atoms with van der Waals surface area (Å²) in [5.41, 5.74) is 0. The summed E-state index contributed by atoms with van der Waals surface area (Å²) in [7, 11) is 3.09. The number of fused-ring (bicyclic) bond motifs is 1. The molecule has 0 aromatic carbocycles. The number of amides is 4. The van der Waals surface area contributed by atoms with Crippen LogP contribution in [-0.2, 0) is 47.5 Å². The Hall–Kier alpha value is -1.11. The average Bonchev–Trinajstić information content (AvgIpc) is 4.06. The predicted molar refractivity (Wildman–Crippen MR) is 251 cm³/mol. The molecule has 0 saturated carbocycles. The lowest BCUT2D eigenvalue weighted by Gasteiger charge is -2.47. The van der Waals surface area contributed by atoms with Crippen LogP contribution in [0.5, 0.6) is 0 Å². The van der Waals surface area contributed by atoms with Gasteiger partial charge in [0.05, 0.1) is 44.6 Å². The van der Waals surface area contributed by atoms with Gasteiger partial charge in [0.2, 0.25) is 11.8 Å². The first kappa shape index (κ1) is 58.2. The van der Waals surface area contributed by atoms with Gasteiger partial charge in [-0.3, -0.25) is 9.59 Å². The van der Waals surface area contributed by atoms with Gasteiger partial charge in [-0.05, 0) is 25.5 Å². The average molecular weight is 1080 g/mol. The molecule has 6 aliphatic heterocycles. The van der Waals surface area contributed by atoms with E-state index in [2.05, 4.69) is 21.3 Å². The van der Waals surface area contributed by atoms with Crippen LogP contribution < -0.4 is 21.3 Å². The maximum absolute atomic E-state index is 12.4. The van der Waals surface area contributed by atoms with E-state index < -0.39 is 130 Å². The number of aliphatic hydroxyl groups is 10. The van der Waals surface area contributed by atoms with Crippen molar-refractivity contribution < 1.29 is 103 Å². The molecule has 0 spiro atoms. The van der Waals surface area contributed by atoms with E-state index in [9.17, 15) is 65.4 Å². The van der Waals surface area contributed by atoms with Crippen molar-refractivity contribution in [3.63, 3.8) is 0 Å². The van der Waals surface area contributed by atoms with Gasteiger partial charge in [0.1, 0.15) is 79.4 Å². The number of unbranched alkanes of at least 4 members (excludes halogenated alkanes) is 1. The van der Waals surface area contributed by atoms with Crippen molar-refractivity contribution in [1.29, 1.82) is 0 Å². The van der Waals surface area contributed by atoms with Crippen LogP contribution in [0.2, 0.25) is 0 Å². The molecule has 21 atom stereocenters. The third-order valence-electron chi connectivity index (χ3n) is 12.6. The molecule has 0 aromatic heterocycles. The van der Waals surface area contributed by atoms with Crippen molar-refractivity contribution in [1.82, 2.24) is 21.3 Å². The fourth-order valence-electron chi connectivity index (χ4n) is 8.72. The molecule has 70 heavy (non-hydrogen) atoms. The summed E-state index contributed by atoms with van der Waals surface area (Å²) in [6.45, 7) is -1.28. The molecule has 25 nitrogen and oxygen atoms in total. The molecule has 0 aromatic rings. The highest BCUT2D eigenvalue weighted by atomic mass is 33.1. The molecule has 6 fully saturated rings. The fourth-order valence-corrected chi connectivity index (χ4v) is 12.8. The molecule has 14 N–H and O–H groups in total. The molecule has 6 aliphatic rings. The molecule has 4 amide bonds. The van der Waals surface area contributed by atoms with E-state index in [-0.39, 0.29) is 49.5 Å². The number of rotatable bonds is 28. The van der Waals surface area contributed by atoms with Crippen LogP contribution in [0.1, 0.15) is 38.5 Å². The summed E-state index contributed by atoms with van der Waals surface area (Å²) in [6, 6.07) is 0.267. The summed E-state index contributed by atoms with van der Waals surface area (Å²) < 4.78 is 45.6. The Morgan fingerprint density at radius 2 is 1.26 bits per heavy atom. The summed E-state index contributed by atoms with van der Waals surface area (Å²) in [4.78, 5) is 36.1. The van der Waals surface area contributed by atoms with Gasteiger partial charge in [-0.2, -0.15) is 23.5 Å². The Morgan fingerprint density at radius 3 is 2.00 bits per heavy atom. The monoisotopic (exact) mass is 1080 g/mol. The second kappa shape index (κ2) is 28.7. The third kappa shape index (κ3) is 15.5. The van der Waals surface area contributed by atoms with E-state index in [0.29, 0.717) is 41.9 Å². The molecule has 0 aliphatic carbocycles. The molecule has 0 radical (unpaired) electrons. The lowest BCUT2D eigenvalue weighted by Crippen LogP contribution is -2.65. The van der Waals surface area contributed by atoms with Crippen LogP contribution in [0.3, 0.4) is 0 Å². The molecular formula is C41H70N4O21S4. The number of thioether (sulfide) groups is 2. The number of carbonyl (C=O) groups excluding carboxylic acids is 3. The third-order valence-corrected chi connectivity index (χ3v) is 17.2. The van der Waals surface area contributed by atoms with Gasteiger partial charge in [0.15, 0.2) is 25.2 Å². The van der Waals surface area contributed by atoms with Gasteiger partial charge >= 0.3 is 6.03 Å². The van der Waals surface area contributed by atoms with Gasteiger partial charge in [0, 0.05) is 54.2 Å². The predicted octanol–water partition coefficient (Wildman–Crippen LogP) is -4.96. The lowest BCUT2D eigenvalue weighted by atomic mass is 9.97. The first-order valence-electron chi connectivity index (χ1n) is 23.4. The first-order valence-corrected chi connectivity index (χ1v) is 28.4. The molecule has 3 unspecified atom stereocenters. The van der Waals surface area contributed by atoms with Crippen molar-refractivity contribution in [2.45, 2.75) is 166 Å². The van der Waals surface area contributed by atoms with E-state index >= 15 is 0 Å². The van der Waals surface area contributed by atoms with Crippen LogP contribution >= 0.6 is 45.1 Å². The molecule has 404 valence electrons. The first-order chi connectivity index (χ1) is 33.6. The fraction of sp³-hybridized carbons (Fsp3) is 0.927. The van der Waals surface area contributed by atoms with E-state index in [1.165, 1.54) is 22.6 Å². The number of hydrogen-bond acceptors (Lipinski definition) is 25. The van der Waals surface area contributed by atoms with Gasteiger partial charge in [-0.15, -0.1) is 0 Å². The zero-order chi connectivity index (χ0) is 50.5. The molecule has 6 heterocycles. The second-order valence-corrected chi connectivity index (χ2v) is 22.5. The number of aliphatic hydroxyl groups excluding tert-OH is 10. The molecule has 6 rings (SSSR count). The summed E-state index contributed by atoms with van der Waals surface area (Å²) >= 11 is 3.21. The topological polar surface area (TPSA) is 375 Å². The number of nitrogens with one attached hydrogen (secondary N) is 4. The zero-order valence-electron chi connectivity index (χ0n) is 38.5. The van der Waals surface area contributed by atoms with Crippen LogP contribution in [0.4, 0.5) is 4.79 Å². The van der Waals surface area contributed by atoms with Gasteiger partial charge < -0.3 is 110 Å². The SMILES string of the molecule is CSC[C@H]1O[C@H](O[C@H]2[C@H](O)[C@H](O)[C@@H](O[C@@H]3[C@@H](OC[C@H]4O[C@@H](OCCCNC(=O)CCSSCCNC(=O)CCCCC5SCC6NC(=O)NC65)[C@@H](O)[C@@H]4O)O[C@H](CO)[C@@H](O)[C@@H]3O)O[C@@H]2CO)[C@H](O)[C@H]1O. The minimum Gasteiger partial charge on any atom is -0.394 e. The van der Waals surface area contributed by atoms with E-state index in [1.54, 1.807) is 17.0 Å². The minimum absolute atomic E-state index is 0.00776. The Labute approximate surface area is 421 Å². The Kier molecular flexibility index (Phi) is 23.8. The summed E-state index contributed by atoms with van der Waals surface area (Å²) in [5, 5.41) is 118. The Balaban J connectivity index is 0.841. The highest BCUT2D eigenvalue weighted by Crippen LogP contribution is 2.35. The number of ether oxygens (including phenoxy) is 8. The van der Waals surface area contributed by atoms with Gasteiger partial charge in [0.25, 0.3) is 0 Å². The van der Waals surface area contributed by atoms with Gasteiger partial charge in [-0.1, -0.05) is 28.0 Å². The maximum atomic E-state index is 12.4. The van der Waals surface area contributed by atoms with Crippen LogP contribution in [0.25, 0.3) is 0 Å². The smallest absolute Gasteiger partial charge is 0.315 e. The highest BCUT2D eigenvalue weighted by molar-refractivity contribution is 8.76. The van der Waals surface area contributed by atoms with E-state index in [0.717, 1.165) is 25.0 Å². The highest BCUT2D eigenvalue weighted by Gasteiger charge is 2.54. The van der Waals surface area contributed by atoms with E-state index in [4.69, 9.17) is 37.9 Å². The number of urea groups is 1. The van der Waals surface area contributed by atoms with E-state index in [1.807, 2.05) is 11.8 Å². The summed E-state index contributed by atoms with van der Waals surface area (Å²) in [5.74, 6) is 2.32. The molecule has 0 bridgehead atoms. The lowest BCUT2D eigenvalue weighted by molar-refractivity contribution is -0.376. The molecule has 29 heteroatoms. The number of hydrogen-bond donors (Lipinski definition) is 14. The van der Waals surface area contributed by atoms with Crippen molar-refractivity contribution in [3.8, 4) is 0 Å². The normalized spacial score (nSPS) is 40.5. The summed E-state index contributed by atoms with van der Waals surface area (Å²) in [6.07, 6.45) is -22.1. The van der Waals surface area contributed by atoms with Gasteiger partial charge in [-0.25, -0.2) is 4.79 Å². The standard InChI is InChI=1S/C41H70N4O21S4/c1-67-17-22-29(52)33(56)38(64-22)65-35-20(14-47)62-39(34(57)31(35)54)66-36-30(53)27(50)19(13-46)61-40(36)60-15-21-28(51)32(55)37(63-21)59-10-4-8-42-25(49)7-11-69-70-12-9-43-24(48)6-3-2-5-23-26-18(16-68-23)44-41(58)45-26/h18-23,26-40,46-47,50-57H,2-17H2,1H3,(H,42,49)(H,43,48)(H2,44,45,58)/t18?,19-,20-,21-,22-,23?,26?,27-,28-,29+,30+,31-,32+,33-,34+,35-,36+,37-,38-,39-,40+/m1/s1. The van der Waals surface area contributed by atoms with Crippen molar-refractivity contribution in [3.05, 3.63) is 0 Å². The Morgan fingerprint density at radius 1 is 0.657 bits per heavy atom. The second-order valence-electron chi connectivity index (χ2n) is 17.6. The maximum Gasteiger partial charge on any atom is 0.315 e. The van der Waals surface area contributed by atoms with Crippen LogP contribution in [-0.4, -0.2) is 266 Å². The number of carbonyl (C=O) groups is 3. The van der Waals surface area contributed by atoms with Crippen LogP contribution in [0, 0.1) is 0 Å². The largest absolute Gasteiger partial charge is 0.394 e. The molecule has 6 saturated heterocycles. The zero-order valence-corrected chi connectivity index (χ0v) is 41.8. The van der Waals surface area contributed by atoms with Crippen molar-refractivity contribution >= 4 is 63.0 Å².